The number of benzene rings is 1. The molecule has 0 radical (unpaired) electrons. The first-order valence-corrected chi connectivity index (χ1v) is 7.62. The van der Waals surface area contributed by atoms with E-state index >= 15 is 0 Å². The SMILES string of the molecule is CC1CN(c2ncc(CCl)c3ccccc23)CCN1C. The number of aromatic nitrogens is 1. The van der Waals surface area contributed by atoms with Crippen LogP contribution in [0.5, 0.6) is 0 Å². The fourth-order valence-corrected chi connectivity index (χ4v) is 3.05. The zero-order valence-electron chi connectivity index (χ0n) is 12.0. The smallest absolute Gasteiger partial charge is 0.136 e. The zero-order valence-corrected chi connectivity index (χ0v) is 12.8. The maximum Gasteiger partial charge on any atom is 0.136 e. The van der Waals surface area contributed by atoms with Crippen molar-refractivity contribution < 1.29 is 0 Å². The van der Waals surface area contributed by atoms with E-state index in [2.05, 4.69) is 53.0 Å². The Hall–Kier alpha value is -1.32. The van der Waals surface area contributed by atoms with Crippen LogP contribution in [0.4, 0.5) is 5.82 Å². The van der Waals surface area contributed by atoms with Crippen LogP contribution in [0, 0.1) is 0 Å². The molecule has 1 fully saturated rings. The lowest BCUT2D eigenvalue weighted by molar-refractivity contribution is 0.233. The predicted octanol–water partition coefficient (Wildman–Crippen LogP) is 3.11. The molecular formula is C16H20ClN3. The summed E-state index contributed by atoms with van der Waals surface area (Å²) in [6.07, 6.45) is 1.92. The van der Waals surface area contributed by atoms with E-state index in [-0.39, 0.29) is 0 Å². The second-order valence-corrected chi connectivity index (χ2v) is 5.83. The predicted molar refractivity (Wildman–Crippen MR) is 85.6 cm³/mol. The average molecular weight is 290 g/mol. The van der Waals surface area contributed by atoms with Gasteiger partial charge in [0.1, 0.15) is 5.82 Å². The van der Waals surface area contributed by atoms with Crippen LogP contribution in [0.2, 0.25) is 0 Å². The summed E-state index contributed by atoms with van der Waals surface area (Å²) in [6, 6.07) is 8.98. The number of piperazine rings is 1. The van der Waals surface area contributed by atoms with E-state index in [1.165, 1.54) is 10.8 Å². The van der Waals surface area contributed by atoms with Crippen molar-refractivity contribution >= 4 is 28.2 Å². The Morgan fingerprint density at radius 1 is 1.25 bits per heavy atom. The fourth-order valence-electron chi connectivity index (χ4n) is 2.84. The Bertz CT molecular complexity index is 614. The van der Waals surface area contributed by atoms with Crippen molar-refractivity contribution in [2.24, 2.45) is 0 Å². The molecule has 3 rings (SSSR count). The van der Waals surface area contributed by atoms with Crippen molar-refractivity contribution in [3.8, 4) is 0 Å². The van der Waals surface area contributed by atoms with E-state index in [0.29, 0.717) is 11.9 Å². The highest BCUT2D eigenvalue weighted by Gasteiger charge is 2.23. The highest BCUT2D eigenvalue weighted by atomic mass is 35.5. The van der Waals surface area contributed by atoms with Crippen molar-refractivity contribution in [1.29, 1.82) is 0 Å². The molecule has 3 nitrogen and oxygen atoms in total. The van der Waals surface area contributed by atoms with E-state index in [9.17, 15) is 0 Å². The first-order chi connectivity index (χ1) is 9.70. The lowest BCUT2D eigenvalue weighted by Crippen LogP contribution is -2.50. The summed E-state index contributed by atoms with van der Waals surface area (Å²) in [5.74, 6) is 1.60. The number of pyridine rings is 1. The van der Waals surface area contributed by atoms with Gasteiger partial charge in [0.25, 0.3) is 0 Å². The van der Waals surface area contributed by atoms with Gasteiger partial charge < -0.3 is 9.80 Å². The largest absolute Gasteiger partial charge is 0.353 e. The minimum atomic E-state index is 0.507. The molecule has 0 spiro atoms. The molecule has 1 aliphatic rings. The second-order valence-electron chi connectivity index (χ2n) is 5.56. The number of anilines is 1. The van der Waals surface area contributed by atoms with Crippen LogP contribution in [-0.2, 0) is 5.88 Å². The molecular weight excluding hydrogens is 270 g/mol. The van der Waals surface area contributed by atoms with Gasteiger partial charge in [-0.15, -0.1) is 11.6 Å². The molecule has 20 heavy (non-hydrogen) atoms. The molecule has 0 aliphatic carbocycles. The lowest BCUT2D eigenvalue weighted by atomic mass is 10.1. The lowest BCUT2D eigenvalue weighted by Gasteiger charge is -2.38. The maximum atomic E-state index is 6.03. The molecule has 0 N–H and O–H groups in total. The van der Waals surface area contributed by atoms with Crippen LogP contribution in [0.3, 0.4) is 0 Å². The number of alkyl halides is 1. The third-order valence-corrected chi connectivity index (χ3v) is 4.55. The molecule has 0 bridgehead atoms. The van der Waals surface area contributed by atoms with Crippen LogP contribution in [0.25, 0.3) is 10.8 Å². The molecule has 1 unspecified atom stereocenters. The highest BCUT2D eigenvalue weighted by Crippen LogP contribution is 2.29. The summed E-state index contributed by atoms with van der Waals surface area (Å²) in [4.78, 5) is 9.47. The van der Waals surface area contributed by atoms with Crippen LogP contribution < -0.4 is 4.90 Å². The molecule has 0 saturated carbocycles. The molecule has 1 aromatic carbocycles. The van der Waals surface area contributed by atoms with Crippen molar-refractivity contribution in [2.45, 2.75) is 18.8 Å². The Labute approximate surface area is 125 Å². The summed E-state index contributed by atoms with van der Waals surface area (Å²) < 4.78 is 0. The molecule has 1 aromatic heterocycles. The van der Waals surface area contributed by atoms with Gasteiger partial charge in [-0.2, -0.15) is 0 Å². The second kappa shape index (κ2) is 5.58. The normalized spacial score (nSPS) is 20.6. The summed E-state index contributed by atoms with van der Waals surface area (Å²) >= 11 is 6.03. The molecule has 1 aliphatic heterocycles. The fraction of sp³-hybridized carbons (Fsp3) is 0.438. The third-order valence-electron chi connectivity index (χ3n) is 4.26. The first kappa shape index (κ1) is 13.7. The van der Waals surface area contributed by atoms with Gasteiger partial charge in [0.05, 0.1) is 0 Å². The highest BCUT2D eigenvalue weighted by molar-refractivity contribution is 6.18. The van der Waals surface area contributed by atoms with Crippen molar-refractivity contribution in [3.63, 3.8) is 0 Å². The van der Waals surface area contributed by atoms with Gasteiger partial charge in [-0.1, -0.05) is 24.3 Å². The van der Waals surface area contributed by atoms with E-state index in [0.717, 1.165) is 31.0 Å². The number of hydrogen-bond donors (Lipinski definition) is 0. The first-order valence-electron chi connectivity index (χ1n) is 7.08. The van der Waals surface area contributed by atoms with E-state index < -0.39 is 0 Å². The number of likely N-dealkylation sites (N-methyl/N-ethyl adjacent to an activating group) is 1. The zero-order chi connectivity index (χ0) is 14.1. The van der Waals surface area contributed by atoms with Crippen LogP contribution >= 0.6 is 11.6 Å². The topological polar surface area (TPSA) is 19.4 Å². The number of hydrogen-bond acceptors (Lipinski definition) is 3. The molecule has 2 aromatic rings. The molecule has 106 valence electrons. The van der Waals surface area contributed by atoms with Gasteiger partial charge >= 0.3 is 0 Å². The maximum absolute atomic E-state index is 6.03. The van der Waals surface area contributed by atoms with E-state index in [1.807, 2.05) is 6.20 Å². The Kier molecular flexibility index (Phi) is 3.81. The van der Waals surface area contributed by atoms with Crippen molar-refractivity contribution in [3.05, 3.63) is 36.0 Å². The van der Waals surface area contributed by atoms with Gasteiger partial charge in [-0.05, 0) is 24.9 Å². The van der Waals surface area contributed by atoms with Gasteiger partial charge in [0.2, 0.25) is 0 Å². The van der Waals surface area contributed by atoms with E-state index in [4.69, 9.17) is 11.6 Å². The van der Waals surface area contributed by atoms with Gasteiger partial charge in [-0.3, -0.25) is 0 Å². The van der Waals surface area contributed by atoms with Gasteiger partial charge in [0, 0.05) is 43.1 Å². The minimum absolute atomic E-state index is 0.507. The number of nitrogens with zero attached hydrogens (tertiary/aromatic N) is 3. The summed E-state index contributed by atoms with van der Waals surface area (Å²) in [7, 11) is 2.18. The number of fused-ring (bicyclic) bond motifs is 1. The van der Waals surface area contributed by atoms with Crippen LogP contribution in [-0.4, -0.2) is 42.6 Å². The number of halogens is 1. The summed E-state index contributed by atoms with van der Waals surface area (Å²) in [6.45, 7) is 5.39. The molecule has 1 saturated heterocycles. The average Bonchev–Trinajstić information content (AvgIpc) is 2.49. The standard InChI is InChI=1S/C16H20ClN3/c1-12-11-20(8-7-19(12)2)16-15-6-4-3-5-14(15)13(9-17)10-18-16/h3-6,10,12H,7-9,11H2,1-2H3. The quantitative estimate of drug-likeness (QED) is 0.792. The molecule has 4 heteroatoms. The summed E-state index contributed by atoms with van der Waals surface area (Å²) in [5, 5.41) is 2.43. The Morgan fingerprint density at radius 3 is 2.70 bits per heavy atom. The van der Waals surface area contributed by atoms with E-state index in [1.54, 1.807) is 0 Å². The molecule has 1 atom stereocenters. The van der Waals surface area contributed by atoms with Crippen LogP contribution in [0.1, 0.15) is 12.5 Å². The van der Waals surface area contributed by atoms with Crippen LogP contribution in [0.15, 0.2) is 30.5 Å². The van der Waals surface area contributed by atoms with Crippen molar-refractivity contribution in [2.75, 3.05) is 31.6 Å². The minimum Gasteiger partial charge on any atom is -0.353 e. The Balaban J connectivity index is 2.04. The molecule has 2 heterocycles. The Morgan fingerprint density at radius 2 is 2.00 bits per heavy atom. The third kappa shape index (κ3) is 2.36. The van der Waals surface area contributed by atoms with Gasteiger partial charge in [-0.25, -0.2) is 4.98 Å². The monoisotopic (exact) mass is 289 g/mol. The summed E-state index contributed by atoms with van der Waals surface area (Å²) in [5.41, 5.74) is 1.10. The van der Waals surface area contributed by atoms with Gasteiger partial charge in [0.15, 0.2) is 0 Å². The number of rotatable bonds is 2. The molecule has 0 amide bonds. The van der Waals surface area contributed by atoms with Crippen molar-refractivity contribution in [1.82, 2.24) is 9.88 Å².